The van der Waals surface area contributed by atoms with Crippen LogP contribution in [0, 0.1) is 5.82 Å². The quantitative estimate of drug-likeness (QED) is 0.924. The molecule has 2 N–H and O–H groups in total. The van der Waals surface area contributed by atoms with Crippen molar-refractivity contribution in [2.24, 2.45) is 5.14 Å². The van der Waals surface area contributed by atoms with Gasteiger partial charge in [-0.3, -0.25) is 4.68 Å². The van der Waals surface area contributed by atoms with Crippen LogP contribution in [-0.2, 0) is 16.6 Å². The van der Waals surface area contributed by atoms with Crippen LogP contribution in [0.3, 0.4) is 0 Å². The molecule has 1 aromatic carbocycles. The summed E-state index contributed by atoms with van der Waals surface area (Å²) in [6.07, 6.45) is 2.39. The zero-order chi connectivity index (χ0) is 13.3. The molecule has 5 nitrogen and oxygen atoms in total. The van der Waals surface area contributed by atoms with Crippen LogP contribution in [0.15, 0.2) is 40.0 Å². The minimum absolute atomic E-state index is 0.0972. The van der Waals surface area contributed by atoms with E-state index in [-0.39, 0.29) is 11.4 Å². The van der Waals surface area contributed by atoms with E-state index >= 15 is 0 Å². The zero-order valence-electron chi connectivity index (χ0n) is 9.05. The molecule has 0 saturated carbocycles. The van der Waals surface area contributed by atoms with Gasteiger partial charge in [0.25, 0.3) is 0 Å². The average Bonchev–Trinajstić information content (AvgIpc) is 2.70. The number of nitrogens with two attached hydrogens (primary N) is 1. The van der Waals surface area contributed by atoms with Gasteiger partial charge in [-0.1, -0.05) is 22.0 Å². The lowest BCUT2D eigenvalue weighted by atomic mass is 10.2. The number of hydrogen-bond acceptors (Lipinski definition) is 3. The first-order chi connectivity index (χ1) is 8.36. The van der Waals surface area contributed by atoms with E-state index in [1.165, 1.54) is 16.9 Å². The lowest BCUT2D eigenvalue weighted by Gasteiger charge is -2.03. The summed E-state index contributed by atoms with van der Waals surface area (Å²) in [5.41, 5.74) is 0.405. The Labute approximate surface area is 112 Å². The first-order valence-corrected chi connectivity index (χ1v) is 7.19. The second kappa shape index (κ2) is 4.79. The van der Waals surface area contributed by atoms with Crippen LogP contribution in [0.4, 0.5) is 4.39 Å². The van der Waals surface area contributed by atoms with Gasteiger partial charge in [-0.2, -0.15) is 5.10 Å². The topological polar surface area (TPSA) is 78.0 Å². The summed E-state index contributed by atoms with van der Waals surface area (Å²) >= 11 is 3.15. The van der Waals surface area contributed by atoms with Gasteiger partial charge >= 0.3 is 0 Å². The number of sulfonamides is 1. The van der Waals surface area contributed by atoms with Crippen molar-refractivity contribution in [3.05, 3.63) is 46.4 Å². The van der Waals surface area contributed by atoms with E-state index in [1.54, 1.807) is 12.1 Å². The van der Waals surface area contributed by atoms with Gasteiger partial charge in [-0.05, 0) is 12.1 Å². The van der Waals surface area contributed by atoms with Crippen LogP contribution in [0.25, 0.3) is 0 Å². The Bertz CT molecular complexity index is 684. The van der Waals surface area contributed by atoms with Crippen molar-refractivity contribution in [3.63, 3.8) is 0 Å². The summed E-state index contributed by atoms with van der Waals surface area (Å²) in [4.78, 5) is -0.0972. The second-order valence-electron chi connectivity index (χ2n) is 3.65. The maximum Gasteiger partial charge on any atom is 0.241 e. The number of aromatic nitrogens is 2. The molecule has 0 fully saturated rings. The first kappa shape index (κ1) is 13.2. The molecule has 0 amide bonds. The maximum absolute atomic E-state index is 13.6. The summed E-state index contributed by atoms with van der Waals surface area (Å²) in [5, 5.41) is 8.77. The van der Waals surface area contributed by atoms with Gasteiger partial charge in [0.15, 0.2) is 0 Å². The fraction of sp³-hybridized carbons (Fsp3) is 0.100. The molecule has 1 heterocycles. The molecule has 0 saturated heterocycles. The average molecular weight is 334 g/mol. The van der Waals surface area contributed by atoms with Crippen molar-refractivity contribution >= 4 is 26.0 Å². The third kappa shape index (κ3) is 2.95. The monoisotopic (exact) mass is 333 g/mol. The standard InChI is InChI=1S/C10H9BrFN3O2S/c11-8-2-1-7(10(12)3-8)5-15-6-9(4-14-15)18(13,16)17/h1-4,6H,5H2,(H2,13,16,17). The molecule has 2 aromatic rings. The zero-order valence-corrected chi connectivity index (χ0v) is 11.4. The van der Waals surface area contributed by atoms with Crippen molar-refractivity contribution in [3.8, 4) is 0 Å². The van der Waals surface area contributed by atoms with Crippen LogP contribution in [0.5, 0.6) is 0 Å². The van der Waals surface area contributed by atoms with Crippen molar-refractivity contribution in [1.82, 2.24) is 9.78 Å². The molecular formula is C10H9BrFN3O2S. The SMILES string of the molecule is NS(=O)(=O)c1cnn(Cc2ccc(Br)cc2F)c1. The van der Waals surface area contributed by atoms with Crippen LogP contribution in [0.2, 0.25) is 0 Å². The number of primary sulfonamides is 1. The summed E-state index contributed by atoms with van der Waals surface area (Å²) in [6, 6.07) is 4.62. The van der Waals surface area contributed by atoms with Gasteiger partial charge in [0, 0.05) is 16.2 Å². The number of benzene rings is 1. The second-order valence-corrected chi connectivity index (χ2v) is 6.13. The Kier molecular flexibility index (Phi) is 3.51. The number of rotatable bonds is 3. The molecule has 8 heteroatoms. The summed E-state index contributed by atoms with van der Waals surface area (Å²) in [6.45, 7) is 0.134. The van der Waals surface area contributed by atoms with E-state index in [0.717, 1.165) is 6.20 Å². The van der Waals surface area contributed by atoms with Gasteiger partial charge in [0.05, 0.1) is 12.7 Å². The highest BCUT2D eigenvalue weighted by molar-refractivity contribution is 9.10. The number of hydrogen-bond donors (Lipinski definition) is 1. The smallest absolute Gasteiger partial charge is 0.241 e. The van der Waals surface area contributed by atoms with Crippen molar-refractivity contribution < 1.29 is 12.8 Å². The van der Waals surface area contributed by atoms with E-state index in [1.807, 2.05) is 0 Å². The van der Waals surface area contributed by atoms with Crippen molar-refractivity contribution in [2.75, 3.05) is 0 Å². The van der Waals surface area contributed by atoms with E-state index in [0.29, 0.717) is 10.0 Å². The van der Waals surface area contributed by atoms with Crippen LogP contribution >= 0.6 is 15.9 Å². The van der Waals surface area contributed by atoms with Crippen LogP contribution in [0.1, 0.15) is 5.56 Å². The van der Waals surface area contributed by atoms with Gasteiger partial charge in [0.1, 0.15) is 10.7 Å². The van der Waals surface area contributed by atoms with Gasteiger partial charge in [0.2, 0.25) is 10.0 Å². The summed E-state index contributed by atoms with van der Waals surface area (Å²) < 4.78 is 37.6. The molecule has 0 radical (unpaired) electrons. The molecular weight excluding hydrogens is 325 g/mol. The van der Waals surface area contributed by atoms with E-state index in [4.69, 9.17) is 5.14 Å². The number of nitrogens with zero attached hydrogens (tertiary/aromatic N) is 2. The van der Waals surface area contributed by atoms with Gasteiger partial charge in [-0.25, -0.2) is 17.9 Å². The van der Waals surface area contributed by atoms with E-state index in [9.17, 15) is 12.8 Å². The predicted octanol–water partition coefficient (Wildman–Crippen LogP) is 1.48. The molecule has 0 aliphatic heterocycles. The summed E-state index contributed by atoms with van der Waals surface area (Å²) in [5.74, 6) is -0.392. The molecule has 2 rings (SSSR count). The molecule has 0 aliphatic carbocycles. The molecule has 0 aliphatic rings. The Balaban J connectivity index is 2.27. The van der Waals surface area contributed by atoms with E-state index < -0.39 is 15.8 Å². The molecule has 0 unspecified atom stereocenters. The largest absolute Gasteiger partial charge is 0.267 e. The normalized spacial score (nSPS) is 11.7. The highest BCUT2D eigenvalue weighted by Crippen LogP contribution is 2.16. The third-order valence-electron chi connectivity index (χ3n) is 2.29. The lowest BCUT2D eigenvalue weighted by molar-refractivity contribution is 0.583. The van der Waals surface area contributed by atoms with Crippen LogP contribution < -0.4 is 5.14 Å². The highest BCUT2D eigenvalue weighted by atomic mass is 79.9. The molecule has 1 aromatic heterocycles. The molecule has 0 atom stereocenters. The third-order valence-corrected chi connectivity index (χ3v) is 3.65. The molecule has 0 bridgehead atoms. The first-order valence-electron chi connectivity index (χ1n) is 4.85. The summed E-state index contributed by atoms with van der Waals surface area (Å²) in [7, 11) is -3.78. The molecule has 96 valence electrons. The lowest BCUT2D eigenvalue weighted by Crippen LogP contribution is -2.11. The molecule has 0 spiro atoms. The molecule has 18 heavy (non-hydrogen) atoms. The fourth-order valence-electron chi connectivity index (χ4n) is 1.40. The van der Waals surface area contributed by atoms with Gasteiger partial charge < -0.3 is 0 Å². The van der Waals surface area contributed by atoms with Gasteiger partial charge in [-0.15, -0.1) is 0 Å². The minimum Gasteiger partial charge on any atom is -0.267 e. The Morgan fingerprint density at radius 3 is 2.72 bits per heavy atom. The highest BCUT2D eigenvalue weighted by Gasteiger charge is 2.11. The van der Waals surface area contributed by atoms with Crippen molar-refractivity contribution in [1.29, 1.82) is 0 Å². The minimum atomic E-state index is -3.78. The Morgan fingerprint density at radius 1 is 1.44 bits per heavy atom. The van der Waals surface area contributed by atoms with Crippen LogP contribution in [-0.4, -0.2) is 18.2 Å². The maximum atomic E-state index is 13.6. The van der Waals surface area contributed by atoms with Crippen molar-refractivity contribution in [2.45, 2.75) is 11.4 Å². The number of halogens is 2. The Hall–Kier alpha value is -1.25. The van der Waals surface area contributed by atoms with E-state index in [2.05, 4.69) is 21.0 Å². The Morgan fingerprint density at radius 2 is 2.17 bits per heavy atom. The predicted molar refractivity (Wildman–Crippen MR) is 66.8 cm³/mol. The fourth-order valence-corrected chi connectivity index (χ4v) is 2.20.